The standard InChI is InChI=1S/C20H37N7.HI/c1-21-19(22-12-6-9-13-26-17-24-25-18-26)23-16-20(10-4-2-5-11-20)27-14-7-3-8-15-27;/h17-18H,2-16H2,1H3,(H2,21,22,23);1H. The summed E-state index contributed by atoms with van der Waals surface area (Å²) < 4.78 is 2.03. The predicted molar refractivity (Wildman–Crippen MR) is 125 cm³/mol. The molecular formula is C20H38IN7. The van der Waals surface area contributed by atoms with Crippen LogP contribution in [0.4, 0.5) is 0 Å². The Kier molecular flexibility index (Phi) is 10.5. The molecule has 2 aliphatic rings. The Balaban J connectivity index is 0.00000280. The van der Waals surface area contributed by atoms with Gasteiger partial charge in [-0.25, -0.2) is 0 Å². The number of aryl methyl sites for hydroxylation is 1. The van der Waals surface area contributed by atoms with E-state index in [1.165, 1.54) is 64.5 Å². The average Bonchev–Trinajstić information content (AvgIpc) is 3.25. The molecule has 0 amide bonds. The fourth-order valence-corrected chi connectivity index (χ4v) is 4.62. The van der Waals surface area contributed by atoms with Crippen molar-refractivity contribution in [3.63, 3.8) is 0 Å². The van der Waals surface area contributed by atoms with E-state index in [9.17, 15) is 0 Å². The molecular weight excluding hydrogens is 465 g/mol. The van der Waals surface area contributed by atoms with Crippen LogP contribution in [0.3, 0.4) is 0 Å². The van der Waals surface area contributed by atoms with E-state index in [1.807, 2.05) is 11.6 Å². The summed E-state index contributed by atoms with van der Waals surface area (Å²) in [5, 5.41) is 14.8. The van der Waals surface area contributed by atoms with Crippen LogP contribution in [0.25, 0.3) is 0 Å². The van der Waals surface area contributed by atoms with Crippen molar-refractivity contribution in [3.8, 4) is 0 Å². The molecule has 28 heavy (non-hydrogen) atoms. The van der Waals surface area contributed by atoms with E-state index < -0.39 is 0 Å². The third kappa shape index (κ3) is 6.86. The lowest BCUT2D eigenvalue weighted by Crippen LogP contribution is -2.59. The maximum absolute atomic E-state index is 4.45. The summed E-state index contributed by atoms with van der Waals surface area (Å²) in [5.74, 6) is 0.946. The molecule has 0 unspecified atom stereocenters. The van der Waals surface area contributed by atoms with Crippen LogP contribution in [0.1, 0.15) is 64.2 Å². The highest BCUT2D eigenvalue weighted by Gasteiger charge is 2.38. The van der Waals surface area contributed by atoms with Crippen LogP contribution in [0.15, 0.2) is 17.6 Å². The number of nitrogens with one attached hydrogen (secondary N) is 2. The zero-order valence-electron chi connectivity index (χ0n) is 17.4. The zero-order valence-corrected chi connectivity index (χ0v) is 19.7. The van der Waals surface area contributed by atoms with Crippen LogP contribution in [-0.4, -0.2) is 64.4 Å². The normalized spacial score (nSPS) is 20.4. The van der Waals surface area contributed by atoms with E-state index in [0.29, 0.717) is 5.54 Å². The molecule has 0 bridgehead atoms. The molecule has 160 valence electrons. The third-order valence-electron chi connectivity index (χ3n) is 6.22. The predicted octanol–water partition coefficient (Wildman–Crippen LogP) is 3.03. The largest absolute Gasteiger partial charge is 0.356 e. The van der Waals surface area contributed by atoms with E-state index in [4.69, 9.17) is 0 Å². The van der Waals surface area contributed by atoms with Crippen LogP contribution in [-0.2, 0) is 6.54 Å². The number of likely N-dealkylation sites (tertiary alicyclic amines) is 1. The SMILES string of the molecule is CN=C(NCCCCn1cnnc1)NCC1(N2CCCCC2)CCCCC1.I. The minimum Gasteiger partial charge on any atom is -0.356 e. The molecule has 0 radical (unpaired) electrons. The number of aliphatic imine (C=N–C) groups is 1. The van der Waals surface area contributed by atoms with Gasteiger partial charge in [-0.15, -0.1) is 34.2 Å². The number of hydrogen-bond donors (Lipinski definition) is 2. The molecule has 0 aromatic carbocycles. The van der Waals surface area contributed by atoms with Crippen LogP contribution in [0, 0.1) is 0 Å². The number of hydrogen-bond acceptors (Lipinski definition) is 4. The Bertz CT molecular complexity index is 549. The highest BCUT2D eigenvalue weighted by molar-refractivity contribution is 14.0. The summed E-state index contributed by atoms with van der Waals surface area (Å²) in [6.07, 6.45) is 16.7. The molecule has 1 aliphatic heterocycles. The number of halogens is 1. The van der Waals surface area contributed by atoms with Gasteiger partial charge in [-0.2, -0.15) is 0 Å². The van der Waals surface area contributed by atoms with Gasteiger partial charge in [-0.1, -0.05) is 25.7 Å². The molecule has 1 aliphatic carbocycles. The smallest absolute Gasteiger partial charge is 0.191 e. The zero-order chi connectivity index (χ0) is 18.8. The van der Waals surface area contributed by atoms with Gasteiger partial charge in [0.05, 0.1) is 0 Å². The van der Waals surface area contributed by atoms with Crippen LogP contribution in [0.5, 0.6) is 0 Å². The lowest BCUT2D eigenvalue weighted by atomic mass is 9.79. The van der Waals surface area contributed by atoms with E-state index in [0.717, 1.165) is 38.4 Å². The molecule has 2 N–H and O–H groups in total. The minimum absolute atomic E-state index is 0. The summed E-state index contributed by atoms with van der Waals surface area (Å²) in [4.78, 5) is 7.23. The minimum atomic E-state index is 0. The van der Waals surface area contributed by atoms with Gasteiger partial charge in [0.1, 0.15) is 12.7 Å². The summed E-state index contributed by atoms with van der Waals surface area (Å²) in [5.41, 5.74) is 0.338. The first-order valence-electron chi connectivity index (χ1n) is 10.8. The fraction of sp³-hybridized carbons (Fsp3) is 0.850. The summed E-state index contributed by atoms with van der Waals surface area (Å²) in [6, 6.07) is 0. The Labute approximate surface area is 187 Å². The van der Waals surface area contributed by atoms with Gasteiger partial charge in [0.2, 0.25) is 0 Å². The molecule has 2 fully saturated rings. The van der Waals surface area contributed by atoms with Crippen molar-refractivity contribution in [3.05, 3.63) is 12.7 Å². The summed E-state index contributed by atoms with van der Waals surface area (Å²) >= 11 is 0. The van der Waals surface area contributed by atoms with Crippen LogP contribution >= 0.6 is 24.0 Å². The second-order valence-corrected chi connectivity index (χ2v) is 8.09. The van der Waals surface area contributed by atoms with Crippen LogP contribution in [0.2, 0.25) is 0 Å². The number of guanidine groups is 1. The first-order chi connectivity index (χ1) is 13.3. The molecule has 2 heterocycles. The van der Waals surface area contributed by atoms with E-state index in [-0.39, 0.29) is 24.0 Å². The van der Waals surface area contributed by atoms with Crippen LogP contribution < -0.4 is 10.6 Å². The van der Waals surface area contributed by atoms with Crippen molar-refractivity contribution in [1.82, 2.24) is 30.3 Å². The summed E-state index contributed by atoms with van der Waals surface area (Å²) in [6.45, 7) is 5.48. The second-order valence-electron chi connectivity index (χ2n) is 8.09. The third-order valence-corrected chi connectivity index (χ3v) is 6.22. The van der Waals surface area contributed by atoms with Gasteiger partial charge in [-0.3, -0.25) is 9.89 Å². The van der Waals surface area contributed by atoms with E-state index in [1.54, 1.807) is 12.7 Å². The molecule has 1 aromatic rings. The van der Waals surface area contributed by atoms with Crippen molar-refractivity contribution in [2.45, 2.75) is 76.3 Å². The molecule has 7 nitrogen and oxygen atoms in total. The monoisotopic (exact) mass is 503 g/mol. The number of unbranched alkanes of at least 4 members (excludes halogenated alkanes) is 1. The van der Waals surface area contributed by atoms with Crippen molar-refractivity contribution in [2.75, 3.05) is 33.2 Å². The molecule has 1 aromatic heterocycles. The Morgan fingerprint density at radius 3 is 2.32 bits per heavy atom. The van der Waals surface area contributed by atoms with E-state index in [2.05, 4.69) is 30.7 Å². The summed E-state index contributed by atoms with van der Waals surface area (Å²) in [7, 11) is 1.88. The maximum atomic E-state index is 4.45. The average molecular weight is 503 g/mol. The van der Waals surface area contributed by atoms with Gasteiger partial charge in [0, 0.05) is 32.2 Å². The molecule has 1 saturated carbocycles. The van der Waals surface area contributed by atoms with Gasteiger partial charge < -0.3 is 15.2 Å². The van der Waals surface area contributed by atoms with Crippen molar-refractivity contribution < 1.29 is 0 Å². The lowest BCUT2D eigenvalue weighted by molar-refractivity contribution is 0.0368. The highest BCUT2D eigenvalue weighted by atomic mass is 127. The molecule has 1 saturated heterocycles. The quantitative estimate of drug-likeness (QED) is 0.247. The van der Waals surface area contributed by atoms with Crippen molar-refractivity contribution in [2.24, 2.45) is 4.99 Å². The Hall–Kier alpha value is -0.900. The van der Waals surface area contributed by atoms with Gasteiger partial charge in [0.25, 0.3) is 0 Å². The second kappa shape index (κ2) is 12.6. The number of nitrogens with zero attached hydrogens (tertiary/aromatic N) is 5. The Morgan fingerprint density at radius 1 is 0.964 bits per heavy atom. The molecule has 0 spiro atoms. The number of rotatable bonds is 8. The maximum Gasteiger partial charge on any atom is 0.191 e. The van der Waals surface area contributed by atoms with Gasteiger partial charge in [0.15, 0.2) is 5.96 Å². The van der Waals surface area contributed by atoms with Gasteiger partial charge >= 0.3 is 0 Å². The van der Waals surface area contributed by atoms with Crippen molar-refractivity contribution in [1.29, 1.82) is 0 Å². The topological polar surface area (TPSA) is 70.4 Å². The van der Waals surface area contributed by atoms with Crippen molar-refractivity contribution >= 4 is 29.9 Å². The Morgan fingerprint density at radius 2 is 1.64 bits per heavy atom. The number of piperidine rings is 1. The fourth-order valence-electron chi connectivity index (χ4n) is 4.62. The molecule has 3 rings (SSSR count). The first kappa shape index (κ1) is 23.4. The molecule has 0 atom stereocenters. The van der Waals surface area contributed by atoms with E-state index >= 15 is 0 Å². The van der Waals surface area contributed by atoms with Gasteiger partial charge in [-0.05, 0) is 51.6 Å². The highest BCUT2D eigenvalue weighted by Crippen LogP contribution is 2.35. The lowest BCUT2D eigenvalue weighted by Gasteiger charge is -2.48. The number of aromatic nitrogens is 3. The molecule has 8 heteroatoms. The first-order valence-corrected chi connectivity index (χ1v) is 10.8.